The van der Waals surface area contributed by atoms with E-state index in [4.69, 9.17) is 12.2 Å². The van der Waals surface area contributed by atoms with Crippen LogP contribution in [-0.4, -0.2) is 18.8 Å². The molecule has 0 aromatic carbocycles. The van der Waals surface area contributed by atoms with Gasteiger partial charge in [0.25, 0.3) is 0 Å². The lowest BCUT2D eigenvalue weighted by Gasteiger charge is -2.16. The van der Waals surface area contributed by atoms with Crippen LogP contribution in [-0.2, 0) is 0 Å². The third-order valence-corrected chi connectivity index (χ3v) is 13.9. The van der Waals surface area contributed by atoms with E-state index in [0.717, 1.165) is 3.14 Å². The molecule has 0 unspecified atom stereocenters. The summed E-state index contributed by atoms with van der Waals surface area (Å²) >= 11 is 12.9. The first kappa shape index (κ1) is 10.7. The fraction of sp³-hybridized carbons (Fsp3) is 0.571. The predicted octanol–water partition coefficient (Wildman–Crippen LogP) is 4.52. The lowest BCUT2D eigenvalue weighted by molar-refractivity contribution is 1.54. The van der Waals surface area contributed by atoms with Gasteiger partial charge in [-0.2, -0.15) is 0 Å². The quantitative estimate of drug-likeness (QED) is 0.507. The van der Waals surface area contributed by atoms with E-state index in [1.807, 2.05) is 23.5 Å². The molecule has 2 heterocycles. The fourth-order valence-electron chi connectivity index (χ4n) is 0.996. The standard InChI is InChI=1S/C7H10S5Si/c1-13(2)3-9-5-6(10-4-13)12-7(8)11-5/h3-4H2,1-2H3. The molecule has 1 aliphatic rings. The van der Waals surface area contributed by atoms with Crippen LogP contribution < -0.4 is 0 Å². The average molecular weight is 283 g/mol. The summed E-state index contributed by atoms with van der Waals surface area (Å²) in [6.07, 6.45) is 0. The lowest BCUT2D eigenvalue weighted by Crippen LogP contribution is -2.32. The Morgan fingerprint density at radius 2 is 1.54 bits per heavy atom. The van der Waals surface area contributed by atoms with Crippen molar-refractivity contribution in [2.24, 2.45) is 0 Å². The van der Waals surface area contributed by atoms with Gasteiger partial charge in [0.15, 0.2) is 0 Å². The largest absolute Gasteiger partial charge is 0.145 e. The molecular weight excluding hydrogens is 272 g/mol. The third-order valence-electron chi connectivity index (χ3n) is 1.71. The minimum absolute atomic E-state index is 0.915. The van der Waals surface area contributed by atoms with E-state index in [9.17, 15) is 0 Å². The van der Waals surface area contributed by atoms with Crippen LogP contribution in [0.15, 0.2) is 8.42 Å². The number of hydrogen-bond donors (Lipinski definition) is 0. The zero-order valence-electron chi connectivity index (χ0n) is 7.46. The highest BCUT2D eigenvalue weighted by atomic mass is 32.2. The molecule has 0 N–H and O–H groups in total. The van der Waals surface area contributed by atoms with Crippen LogP contribution in [0.1, 0.15) is 0 Å². The summed E-state index contributed by atoms with van der Waals surface area (Å²) < 4.78 is 4.06. The highest BCUT2D eigenvalue weighted by Crippen LogP contribution is 2.44. The van der Waals surface area contributed by atoms with Crippen molar-refractivity contribution in [2.75, 3.05) is 10.8 Å². The summed E-state index contributed by atoms with van der Waals surface area (Å²) in [7, 11) is -0.915. The molecule has 0 fully saturated rings. The summed E-state index contributed by atoms with van der Waals surface area (Å²) in [4.78, 5) is 0. The van der Waals surface area contributed by atoms with Crippen molar-refractivity contribution in [3.8, 4) is 0 Å². The first-order valence-electron chi connectivity index (χ1n) is 3.96. The van der Waals surface area contributed by atoms with E-state index in [2.05, 4.69) is 13.1 Å². The molecule has 0 radical (unpaired) electrons. The molecule has 2 rings (SSSR count). The van der Waals surface area contributed by atoms with Crippen LogP contribution in [0.5, 0.6) is 0 Å². The van der Waals surface area contributed by atoms with Crippen molar-refractivity contribution >= 4 is 66.5 Å². The van der Waals surface area contributed by atoms with E-state index < -0.39 is 8.07 Å². The molecule has 0 spiro atoms. The molecule has 13 heavy (non-hydrogen) atoms. The molecular formula is C7H10S5Si. The lowest BCUT2D eigenvalue weighted by atomic mass is 11.1. The van der Waals surface area contributed by atoms with Crippen LogP contribution >= 0.6 is 58.4 Å². The SMILES string of the molecule is C[Si]1(C)CSc2sc(=S)sc2SC1. The second kappa shape index (κ2) is 3.98. The van der Waals surface area contributed by atoms with Gasteiger partial charge in [-0.05, 0) is 10.8 Å². The van der Waals surface area contributed by atoms with Crippen LogP contribution in [0.25, 0.3) is 0 Å². The Labute approximate surface area is 101 Å². The average Bonchev–Trinajstić information content (AvgIpc) is 2.34. The molecule has 0 amide bonds. The summed E-state index contributed by atoms with van der Waals surface area (Å²) in [5.74, 6) is 0. The van der Waals surface area contributed by atoms with Gasteiger partial charge in [-0.3, -0.25) is 0 Å². The number of rotatable bonds is 0. The molecule has 1 aliphatic heterocycles. The van der Waals surface area contributed by atoms with Gasteiger partial charge in [-0.25, -0.2) is 0 Å². The Bertz CT molecular complexity index is 333. The first-order chi connectivity index (χ1) is 6.07. The third kappa shape index (κ3) is 2.60. The maximum atomic E-state index is 5.20. The number of fused-ring (bicyclic) bond motifs is 1. The topological polar surface area (TPSA) is 0 Å². The smallest absolute Gasteiger partial charge is 0.116 e. The van der Waals surface area contributed by atoms with Crippen LogP contribution in [0, 0.1) is 3.14 Å². The molecule has 0 saturated carbocycles. The van der Waals surface area contributed by atoms with E-state index in [1.54, 1.807) is 22.7 Å². The summed E-state index contributed by atoms with van der Waals surface area (Å²) in [6.45, 7) is 4.95. The molecule has 1 aromatic rings. The van der Waals surface area contributed by atoms with E-state index >= 15 is 0 Å². The Morgan fingerprint density at radius 1 is 1.08 bits per heavy atom. The van der Waals surface area contributed by atoms with Crippen LogP contribution in [0.2, 0.25) is 13.1 Å². The summed E-state index contributed by atoms with van der Waals surface area (Å²) in [5, 5.41) is 2.71. The Hall–Kier alpha value is 1.19. The monoisotopic (exact) mass is 282 g/mol. The maximum absolute atomic E-state index is 5.20. The molecule has 0 saturated heterocycles. The van der Waals surface area contributed by atoms with Gasteiger partial charge in [0.1, 0.15) is 3.14 Å². The maximum Gasteiger partial charge on any atom is 0.145 e. The minimum atomic E-state index is -0.915. The minimum Gasteiger partial charge on any atom is -0.116 e. The second-order valence-corrected chi connectivity index (χ2v) is 15.5. The van der Waals surface area contributed by atoms with Crippen molar-refractivity contribution in [2.45, 2.75) is 21.5 Å². The highest BCUT2D eigenvalue weighted by molar-refractivity contribution is 8.08. The molecule has 0 atom stereocenters. The number of thioether (sulfide) groups is 2. The van der Waals surface area contributed by atoms with Gasteiger partial charge >= 0.3 is 0 Å². The van der Waals surface area contributed by atoms with Gasteiger partial charge in [-0.15, -0.1) is 46.2 Å². The predicted molar refractivity (Wildman–Crippen MR) is 72.0 cm³/mol. The van der Waals surface area contributed by atoms with Gasteiger partial charge < -0.3 is 0 Å². The van der Waals surface area contributed by atoms with E-state index in [0.29, 0.717) is 0 Å². The van der Waals surface area contributed by atoms with E-state index in [-0.39, 0.29) is 0 Å². The zero-order chi connectivity index (χ0) is 9.47. The highest BCUT2D eigenvalue weighted by Gasteiger charge is 2.26. The molecule has 72 valence electrons. The molecule has 1 aromatic heterocycles. The van der Waals surface area contributed by atoms with Crippen LogP contribution in [0.4, 0.5) is 0 Å². The van der Waals surface area contributed by atoms with Gasteiger partial charge in [0.2, 0.25) is 0 Å². The molecule has 0 nitrogen and oxygen atoms in total. The zero-order valence-corrected chi connectivity index (χ0v) is 12.5. The summed E-state index contributed by atoms with van der Waals surface area (Å²) in [5.41, 5.74) is 0. The van der Waals surface area contributed by atoms with Gasteiger partial charge in [0, 0.05) is 0 Å². The van der Waals surface area contributed by atoms with Crippen molar-refractivity contribution in [3.05, 3.63) is 3.14 Å². The van der Waals surface area contributed by atoms with Gasteiger partial charge in [0.05, 0.1) is 16.5 Å². The van der Waals surface area contributed by atoms with Crippen LogP contribution in [0.3, 0.4) is 0 Å². The Kier molecular flexibility index (Phi) is 3.27. The van der Waals surface area contributed by atoms with Crippen molar-refractivity contribution < 1.29 is 0 Å². The van der Waals surface area contributed by atoms with Crippen molar-refractivity contribution in [1.82, 2.24) is 0 Å². The van der Waals surface area contributed by atoms with Crippen molar-refractivity contribution in [3.63, 3.8) is 0 Å². The molecule has 0 aliphatic carbocycles. The Morgan fingerprint density at radius 3 is 2.00 bits per heavy atom. The van der Waals surface area contributed by atoms with Gasteiger partial charge in [-0.1, -0.05) is 25.3 Å². The molecule has 0 bridgehead atoms. The Balaban J connectivity index is 2.29. The first-order valence-corrected chi connectivity index (χ1v) is 11.4. The normalized spacial score (nSPS) is 20.8. The number of hydrogen-bond acceptors (Lipinski definition) is 5. The van der Waals surface area contributed by atoms with E-state index in [1.165, 1.54) is 19.2 Å². The molecule has 6 heteroatoms. The summed E-state index contributed by atoms with van der Waals surface area (Å²) in [6, 6.07) is 0. The van der Waals surface area contributed by atoms with Crippen molar-refractivity contribution in [1.29, 1.82) is 0 Å². The second-order valence-electron chi connectivity index (χ2n) is 3.77. The fourth-order valence-corrected chi connectivity index (χ4v) is 12.0.